The summed E-state index contributed by atoms with van der Waals surface area (Å²) in [5, 5.41) is 9.03. The molecule has 1 unspecified atom stereocenters. The maximum absolute atomic E-state index is 14.1. The first kappa shape index (κ1) is 20.1. The molecule has 0 saturated carbocycles. The number of carbonyl (C=O) groups is 1. The van der Waals surface area contributed by atoms with Crippen LogP contribution in [0.15, 0.2) is 22.7 Å². The van der Waals surface area contributed by atoms with E-state index in [0.29, 0.717) is 4.47 Å². The summed E-state index contributed by atoms with van der Waals surface area (Å²) in [4.78, 5) is 11.1. The van der Waals surface area contributed by atoms with Gasteiger partial charge in [0, 0.05) is 10.0 Å². The fourth-order valence-electron chi connectivity index (χ4n) is 1.82. The molecule has 2 atom stereocenters. The molecule has 130 valence electrons. The van der Waals surface area contributed by atoms with Crippen molar-refractivity contribution in [3.63, 3.8) is 0 Å². The van der Waals surface area contributed by atoms with Crippen LogP contribution in [-0.2, 0) is 21.3 Å². The summed E-state index contributed by atoms with van der Waals surface area (Å²) in [6, 6.07) is 3.31. The third kappa shape index (κ3) is 4.77. The molecule has 0 bridgehead atoms. The van der Waals surface area contributed by atoms with E-state index in [0.717, 1.165) is 12.1 Å². The summed E-state index contributed by atoms with van der Waals surface area (Å²) in [6.45, 7) is 4.60. The monoisotopic (exact) mass is 415 g/mol. The van der Waals surface area contributed by atoms with E-state index in [1.54, 1.807) is 0 Å². The lowest BCUT2D eigenvalue weighted by molar-refractivity contribution is -0.140. The average Bonchev–Trinajstić information content (AvgIpc) is 2.38. The van der Waals surface area contributed by atoms with Crippen LogP contribution in [0.5, 0.6) is 0 Å². The summed E-state index contributed by atoms with van der Waals surface area (Å²) in [6.07, 6.45) is -4.42. The van der Waals surface area contributed by atoms with Gasteiger partial charge in [-0.05, 0) is 39.0 Å². The lowest BCUT2D eigenvalue weighted by Crippen LogP contribution is -2.54. The van der Waals surface area contributed by atoms with Gasteiger partial charge >= 0.3 is 5.97 Å². The van der Waals surface area contributed by atoms with Gasteiger partial charge < -0.3 is 5.11 Å². The Morgan fingerprint density at radius 1 is 1.39 bits per heavy atom. The van der Waals surface area contributed by atoms with Gasteiger partial charge in [0.1, 0.15) is 11.4 Å². The van der Waals surface area contributed by atoms with Crippen LogP contribution in [0.2, 0.25) is 0 Å². The van der Waals surface area contributed by atoms with Gasteiger partial charge in [0.2, 0.25) is 0 Å². The molecule has 0 heterocycles. The van der Waals surface area contributed by atoms with E-state index in [9.17, 15) is 22.2 Å². The Bertz CT molecular complexity index is 622. The van der Waals surface area contributed by atoms with Crippen LogP contribution in [-0.4, -0.2) is 26.5 Å². The SMILES string of the molecule is CC(C)(C)[S@](=O)NC(CC(=O)O)(c1cc(Br)ccc1F)C(F)F. The van der Waals surface area contributed by atoms with Crippen molar-refractivity contribution < 1.29 is 27.3 Å². The number of benzene rings is 1. The highest BCUT2D eigenvalue weighted by Gasteiger charge is 2.48. The maximum Gasteiger partial charge on any atom is 0.305 e. The van der Waals surface area contributed by atoms with Crippen LogP contribution in [0.3, 0.4) is 0 Å². The van der Waals surface area contributed by atoms with Crippen molar-refractivity contribution in [1.82, 2.24) is 4.72 Å². The van der Waals surface area contributed by atoms with Gasteiger partial charge in [-0.25, -0.2) is 22.1 Å². The van der Waals surface area contributed by atoms with Crippen LogP contribution < -0.4 is 4.72 Å². The molecule has 9 heteroatoms. The second kappa shape index (κ2) is 7.31. The number of carboxylic acids is 1. The summed E-state index contributed by atoms with van der Waals surface area (Å²) in [5.74, 6) is -2.57. The fraction of sp³-hybridized carbons (Fsp3) is 0.500. The van der Waals surface area contributed by atoms with Crippen molar-refractivity contribution >= 4 is 32.9 Å². The molecule has 23 heavy (non-hydrogen) atoms. The molecule has 1 aromatic rings. The summed E-state index contributed by atoms with van der Waals surface area (Å²) in [7, 11) is -2.03. The molecular formula is C14H17BrF3NO3S. The largest absolute Gasteiger partial charge is 0.481 e. The third-order valence-electron chi connectivity index (χ3n) is 3.04. The molecule has 0 radical (unpaired) electrons. The van der Waals surface area contributed by atoms with Gasteiger partial charge in [-0.3, -0.25) is 4.79 Å². The molecule has 0 fully saturated rings. The average molecular weight is 416 g/mol. The topological polar surface area (TPSA) is 66.4 Å². The van der Waals surface area contributed by atoms with Crippen molar-refractivity contribution in [3.8, 4) is 0 Å². The lowest BCUT2D eigenvalue weighted by atomic mass is 9.87. The number of rotatable bonds is 6. The smallest absolute Gasteiger partial charge is 0.305 e. The Balaban J connectivity index is 3.54. The van der Waals surface area contributed by atoms with E-state index in [4.69, 9.17) is 5.11 Å². The molecule has 0 aliphatic heterocycles. The number of alkyl halides is 2. The molecule has 4 nitrogen and oxygen atoms in total. The minimum absolute atomic E-state index is 0.299. The minimum atomic E-state index is -3.30. The predicted octanol–water partition coefficient (Wildman–Crippen LogP) is 3.58. The van der Waals surface area contributed by atoms with Crippen LogP contribution >= 0.6 is 15.9 Å². The Morgan fingerprint density at radius 2 is 1.96 bits per heavy atom. The Morgan fingerprint density at radius 3 is 2.39 bits per heavy atom. The molecule has 1 aromatic carbocycles. The van der Waals surface area contributed by atoms with E-state index in [1.807, 2.05) is 0 Å². The van der Waals surface area contributed by atoms with Crippen molar-refractivity contribution in [1.29, 1.82) is 0 Å². The Labute approximate surface area is 143 Å². The number of hydrogen-bond acceptors (Lipinski definition) is 2. The van der Waals surface area contributed by atoms with Gasteiger partial charge in [0.15, 0.2) is 0 Å². The first-order valence-electron chi connectivity index (χ1n) is 6.55. The molecule has 0 aromatic heterocycles. The van der Waals surface area contributed by atoms with Gasteiger partial charge in [0.25, 0.3) is 6.43 Å². The lowest BCUT2D eigenvalue weighted by Gasteiger charge is -2.35. The standard InChI is InChI=1S/C14H17BrF3NO3S/c1-13(2,3)23(22)19-14(12(17)18,7-11(20)21)9-6-8(15)4-5-10(9)16/h4-6,12,19H,7H2,1-3H3,(H,20,21)/t14?,23-/m0/s1. The number of nitrogens with one attached hydrogen (secondary N) is 1. The number of carboxylic acid groups (broad SMARTS) is 1. The van der Waals surface area contributed by atoms with E-state index < -0.39 is 51.5 Å². The second-order valence-electron chi connectivity index (χ2n) is 5.95. The molecule has 0 spiro atoms. The van der Waals surface area contributed by atoms with Gasteiger partial charge in [-0.2, -0.15) is 0 Å². The fourth-order valence-corrected chi connectivity index (χ4v) is 3.09. The van der Waals surface area contributed by atoms with E-state index in [-0.39, 0.29) is 0 Å². The molecular weight excluding hydrogens is 399 g/mol. The number of hydrogen-bond donors (Lipinski definition) is 2. The van der Waals surface area contributed by atoms with E-state index in [1.165, 1.54) is 26.8 Å². The summed E-state index contributed by atoms with van der Waals surface area (Å²) < 4.78 is 55.6. The van der Waals surface area contributed by atoms with Gasteiger partial charge in [-0.15, -0.1) is 0 Å². The van der Waals surface area contributed by atoms with Crippen LogP contribution in [0.4, 0.5) is 13.2 Å². The summed E-state index contributed by atoms with van der Waals surface area (Å²) in [5.41, 5.74) is -3.17. The van der Waals surface area contributed by atoms with Gasteiger partial charge in [-0.1, -0.05) is 15.9 Å². The highest BCUT2D eigenvalue weighted by atomic mass is 79.9. The normalized spacial score (nSPS) is 16.2. The van der Waals surface area contributed by atoms with Crippen molar-refractivity contribution in [3.05, 3.63) is 34.1 Å². The quantitative estimate of drug-likeness (QED) is 0.745. The molecule has 0 saturated heterocycles. The number of halogens is 4. The number of aliphatic carboxylic acids is 1. The van der Waals surface area contributed by atoms with E-state index in [2.05, 4.69) is 20.7 Å². The van der Waals surface area contributed by atoms with Crippen molar-refractivity contribution in [2.24, 2.45) is 0 Å². The molecule has 0 aliphatic rings. The third-order valence-corrected chi connectivity index (χ3v) is 5.20. The zero-order valence-electron chi connectivity index (χ0n) is 12.7. The summed E-state index contributed by atoms with van der Waals surface area (Å²) >= 11 is 3.05. The van der Waals surface area contributed by atoms with Crippen LogP contribution in [0.1, 0.15) is 32.8 Å². The first-order valence-corrected chi connectivity index (χ1v) is 8.49. The van der Waals surface area contributed by atoms with Crippen molar-refractivity contribution in [2.75, 3.05) is 0 Å². The van der Waals surface area contributed by atoms with Gasteiger partial charge in [0.05, 0.1) is 22.2 Å². The highest BCUT2D eigenvalue weighted by Crippen LogP contribution is 2.36. The Hall–Kier alpha value is -0.930. The zero-order chi connectivity index (χ0) is 18.0. The Kier molecular flexibility index (Phi) is 6.39. The van der Waals surface area contributed by atoms with Crippen LogP contribution in [0, 0.1) is 5.82 Å². The second-order valence-corrected chi connectivity index (χ2v) is 8.83. The van der Waals surface area contributed by atoms with Crippen LogP contribution in [0.25, 0.3) is 0 Å². The molecule has 1 rings (SSSR count). The minimum Gasteiger partial charge on any atom is -0.481 e. The maximum atomic E-state index is 14.1. The predicted molar refractivity (Wildman–Crippen MR) is 85.1 cm³/mol. The molecule has 0 aliphatic carbocycles. The zero-order valence-corrected chi connectivity index (χ0v) is 15.1. The van der Waals surface area contributed by atoms with E-state index >= 15 is 0 Å². The molecule has 2 N–H and O–H groups in total. The first-order chi connectivity index (χ1) is 10.4. The molecule has 0 amide bonds. The highest BCUT2D eigenvalue weighted by molar-refractivity contribution is 9.10. The van der Waals surface area contributed by atoms with Crippen molar-refractivity contribution in [2.45, 2.75) is 43.9 Å².